The minimum absolute atomic E-state index is 0.125. The van der Waals surface area contributed by atoms with Crippen molar-refractivity contribution in [3.05, 3.63) is 42.0 Å². The van der Waals surface area contributed by atoms with Gasteiger partial charge < -0.3 is 14.6 Å². The number of esters is 1. The predicted octanol–water partition coefficient (Wildman–Crippen LogP) is 9.45. The molecule has 0 saturated carbocycles. The molecule has 0 amide bonds. The number of ether oxygens (including phenoxy) is 2. The number of thioether (sulfide) groups is 1. The Morgan fingerprint density at radius 1 is 1.00 bits per heavy atom. The number of hydrogen-bond acceptors (Lipinski definition) is 6. The molecule has 0 fully saturated rings. The topological polar surface area (TPSA) is 68.7 Å². The van der Waals surface area contributed by atoms with Gasteiger partial charge in [-0.2, -0.15) is 13.2 Å². The van der Waals surface area contributed by atoms with E-state index in [4.69, 9.17) is 9.47 Å². The van der Waals surface area contributed by atoms with Gasteiger partial charge in [-0.1, -0.05) is 89.4 Å². The maximum Gasteiger partial charge on any atom is 0.389 e. The van der Waals surface area contributed by atoms with Crippen molar-refractivity contribution in [2.24, 2.45) is 0 Å². The second-order valence-corrected chi connectivity index (χ2v) is 11.7. The standard InChI is InChI=1S/C32H46F3NO4S/c1-4-5-6-7-8-9-10-11-12-13-14-15-16-17-29(28(37)20-21-32(33,34)35)41-25-19-18-24-22-26(31(38)40-3)30(39-2)36-27(24)23-25/h16-19,22-23,28-29,37H,4-15,20-21H2,1-3H3/t28-,29+/m1/s1. The summed E-state index contributed by atoms with van der Waals surface area (Å²) in [5, 5.41) is 10.8. The number of aliphatic hydroxyl groups is 1. The number of pyridine rings is 1. The Labute approximate surface area is 247 Å². The maximum absolute atomic E-state index is 12.9. The average molecular weight is 598 g/mol. The van der Waals surface area contributed by atoms with E-state index in [9.17, 15) is 23.1 Å². The van der Waals surface area contributed by atoms with E-state index in [1.165, 1.54) is 83.8 Å². The first kappa shape index (κ1) is 34.9. The first-order valence-corrected chi connectivity index (χ1v) is 15.7. The average Bonchev–Trinajstić information content (AvgIpc) is 2.96. The van der Waals surface area contributed by atoms with Crippen LogP contribution in [0.4, 0.5) is 13.2 Å². The summed E-state index contributed by atoms with van der Waals surface area (Å²) in [5.41, 5.74) is 0.765. The van der Waals surface area contributed by atoms with E-state index in [-0.39, 0.29) is 17.9 Å². The Bertz CT molecular complexity index is 1080. The van der Waals surface area contributed by atoms with Crippen LogP contribution in [0.1, 0.15) is 107 Å². The molecule has 0 unspecified atom stereocenters. The summed E-state index contributed by atoms with van der Waals surface area (Å²) < 4.78 is 48.6. The van der Waals surface area contributed by atoms with Crippen molar-refractivity contribution < 1.29 is 32.5 Å². The third-order valence-corrected chi connectivity index (χ3v) is 8.30. The highest BCUT2D eigenvalue weighted by Gasteiger charge is 2.30. The molecule has 1 aromatic heterocycles. The van der Waals surface area contributed by atoms with Crippen molar-refractivity contribution in [2.45, 2.75) is 119 Å². The van der Waals surface area contributed by atoms with Gasteiger partial charge in [0.1, 0.15) is 5.56 Å². The summed E-state index contributed by atoms with van der Waals surface area (Å²) in [6.45, 7) is 2.23. The van der Waals surface area contributed by atoms with E-state index in [0.29, 0.717) is 10.9 Å². The number of fused-ring (bicyclic) bond motifs is 1. The Morgan fingerprint density at radius 3 is 2.22 bits per heavy atom. The van der Waals surface area contributed by atoms with Crippen LogP contribution in [0.3, 0.4) is 0 Å². The third-order valence-electron chi connectivity index (χ3n) is 7.03. The Balaban J connectivity index is 1.96. The van der Waals surface area contributed by atoms with Crippen LogP contribution < -0.4 is 4.74 Å². The molecule has 230 valence electrons. The summed E-state index contributed by atoms with van der Waals surface area (Å²) >= 11 is 1.30. The molecule has 2 atom stereocenters. The second kappa shape index (κ2) is 19.0. The molecule has 41 heavy (non-hydrogen) atoms. The summed E-state index contributed by atoms with van der Waals surface area (Å²) in [6, 6.07) is 7.00. The molecule has 0 bridgehead atoms. The molecule has 9 heteroatoms. The number of benzene rings is 1. The van der Waals surface area contributed by atoms with Crippen LogP contribution in [0.15, 0.2) is 41.3 Å². The first-order valence-electron chi connectivity index (χ1n) is 14.8. The van der Waals surface area contributed by atoms with E-state index < -0.39 is 29.9 Å². The van der Waals surface area contributed by atoms with Crippen molar-refractivity contribution in [3.8, 4) is 5.88 Å². The van der Waals surface area contributed by atoms with Gasteiger partial charge in [0.15, 0.2) is 0 Å². The van der Waals surface area contributed by atoms with E-state index in [2.05, 4.69) is 11.9 Å². The lowest BCUT2D eigenvalue weighted by molar-refractivity contribution is -0.139. The number of unbranched alkanes of at least 4 members (excludes halogenated alkanes) is 11. The SMILES string of the molecule is CCCCCCCCCCCCCC=C[C@H](Sc1ccc2cc(C(=O)OC)c(OC)nc2c1)[C@H](O)CCC(F)(F)F. The molecule has 0 aliphatic rings. The lowest BCUT2D eigenvalue weighted by atomic mass is 10.0. The molecule has 5 nitrogen and oxygen atoms in total. The number of carbonyl (C=O) groups excluding carboxylic acids is 1. The Morgan fingerprint density at radius 2 is 1.63 bits per heavy atom. The monoisotopic (exact) mass is 597 g/mol. The van der Waals surface area contributed by atoms with Crippen LogP contribution >= 0.6 is 11.8 Å². The minimum Gasteiger partial charge on any atom is -0.480 e. The van der Waals surface area contributed by atoms with E-state index in [1.807, 2.05) is 18.2 Å². The van der Waals surface area contributed by atoms with Crippen molar-refractivity contribution >= 4 is 28.6 Å². The van der Waals surface area contributed by atoms with Gasteiger partial charge in [0.05, 0.1) is 31.1 Å². The van der Waals surface area contributed by atoms with Crippen LogP contribution in [-0.4, -0.2) is 47.8 Å². The molecule has 1 heterocycles. The molecule has 1 aromatic carbocycles. The summed E-state index contributed by atoms with van der Waals surface area (Å²) in [6.07, 6.45) is 11.5. The summed E-state index contributed by atoms with van der Waals surface area (Å²) in [5.74, 6) is -0.439. The number of alkyl halides is 3. The highest BCUT2D eigenvalue weighted by atomic mass is 32.2. The lowest BCUT2D eigenvalue weighted by Gasteiger charge is -2.20. The van der Waals surface area contributed by atoms with Crippen LogP contribution in [0.5, 0.6) is 5.88 Å². The zero-order valence-corrected chi connectivity index (χ0v) is 25.5. The number of nitrogens with zero attached hydrogens (tertiary/aromatic N) is 1. The number of aromatic nitrogens is 1. The highest BCUT2D eigenvalue weighted by molar-refractivity contribution is 8.00. The molecule has 0 saturated heterocycles. The Hall–Kier alpha value is -2.26. The summed E-state index contributed by atoms with van der Waals surface area (Å²) in [7, 11) is 2.69. The fourth-order valence-corrected chi connectivity index (χ4v) is 5.77. The molecule has 0 radical (unpaired) electrons. The molecular formula is C32H46F3NO4S. The van der Waals surface area contributed by atoms with Crippen LogP contribution in [-0.2, 0) is 4.74 Å². The number of allylic oxidation sites excluding steroid dienone is 1. The first-order chi connectivity index (χ1) is 19.7. The van der Waals surface area contributed by atoms with E-state index in [1.54, 1.807) is 18.2 Å². The molecule has 2 aromatic rings. The number of carbonyl (C=O) groups is 1. The Kier molecular flexibility index (Phi) is 16.2. The zero-order chi connectivity index (χ0) is 30.1. The van der Waals surface area contributed by atoms with Crippen LogP contribution in [0.2, 0.25) is 0 Å². The second-order valence-electron chi connectivity index (χ2n) is 10.4. The largest absolute Gasteiger partial charge is 0.480 e. The fraction of sp³-hybridized carbons (Fsp3) is 0.625. The zero-order valence-electron chi connectivity index (χ0n) is 24.7. The van der Waals surface area contributed by atoms with Gasteiger partial charge in [-0.3, -0.25) is 0 Å². The molecule has 0 spiro atoms. The molecule has 0 aliphatic carbocycles. The normalized spacial score (nSPS) is 13.5. The van der Waals surface area contributed by atoms with E-state index >= 15 is 0 Å². The molecular weight excluding hydrogens is 551 g/mol. The van der Waals surface area contributed by atoms with Gasteiger partial charge in [-0.05, 0) is 37.5 Å². The van der Waals surface area contributed by atoms with Gasteiger partial charge in [0.2, 0.25) is 5.88 Å². The van der Waals surface area contributed by atoms with Gasteiger partial charge in [0.25, 0.3) is 0 Å². The fourth-order valence-electron chi connectivity index (χ4n) is 4.65. The van der Waals surface area contributed by atoms with Gasteiger partial charge in [0, 0.05) is 16.7 Å². The van der Waals surface area contributed by atoms with Crippen LogP contribution in [0.25, 0.3) is 10.9 Å². The van der Waals surface area contributed by atoms with Crippen molar-refractivity contribution in [1.29, 1.82) is 0 Å². The highest BCUT2D eigenvalue weighted by Crippen LogP contribution is 2.33. The van der Waals surface area contributed by atoms with Crippen LogP contribution in [0, 0.1) is 0 Å². The van der Waals surface area contributed by atoms with E-state index in [0.717, 1.165) is 24.2 Å². The predicted molar refractivity (Wildman–Crippen MR) is 161 cm³/mol. The van der Waals surface area contributed by atoms with Crippen molar-refractivity contribution in [2.75, 3.05) is 14.2 Å². The number of hydrogen-bond donors (Lipinski definition) is 1. The van der Waals surface area contributed by atoms with Gasteiger partial charge in [-0.25, -0.2) is 9.78 Å². The molecule has 0 aliphatic heterocycles. The van der Waals surface area contributed by atoms with Crippen molar-refractivity contribution in [1.82, 2.24) is 4.98 Å². The van der Waals surface area contributed by atoms with Gasteiger partial charge >= 0.3 is 12.1 Å². The number of methoxy groups -OCH3 is 2. The lowest BCUT2D eigenvalue weighted by Crippen LogP contribution is -2.23. The van der Waals surface area contributed by atoms with Crippen molar-refractivity contribution in [3.63, 3.8) is 0 Å². The molecule has 1 N–H and O–H groups in total. The van der Waals surface area contributed by atoms with Gasteiger partial charge in [-0.15, -0.1) is 11.8 Å². The molecule has 2 rings (SSSR count). The minimum atomic E-state index is -4.32. The summed E-state index contributed by atoms with van der Waals surface area (Å²) in [4.78, 5) is 17.2. The maximum atomic E-state index is 12.9. The number of rotatable bonds is 20. The third kappa shape index (κ3) is 13.5. The number of aliphatic hydroxyl groups excluding tert-OH is 1. The quantitative estimate of drug-likeness (QED) is 0.0710. The smallest absolute Gasteiger partial charge is 0.389 e. The number of halogens is 3.